The van der Waals surface area contributed by atoms with E-state index >= 15 is 0 Å². The second-order valence-electron chi connectivity index (χ2n) is 8.02. The molecule has 0 atom stereocenters. The Hall–Kier alpha value is -3.94. The first kappa shape index (κ1) is 22.8. The van der Waals surface area contributed by atoms with Crippen LogP contribution in [0.5, 0.6) is 0 Å². The van der Waals surface area contributed by atoms with Crippen molar-refractivity contribution < 1.29 is 4.79 Å². The Labute approximate surface area is 212 Å². The summed E-state index contributed by atoms with van der Waals surface area (Å²) in [6, 6.07) is 24.8. The molecule has 0 spiro atoms. The summed E-state index contributed by atoms with van der Waals surface area (Å²) in [5.74, 6) is -0.243. The average molecular weight is 500 g/mol. The minimum Gasteiger partial charge on any atom is -0.397 e. The van der Waals surface area contributed by atoms with Crippen molar-refractivity contribution in [2.45, 2.75) is 13.0 Å². The van der Waals surface area contributed by atoms with E-state index in [1.165, 1.54) is 0 Å². The second kappa shape index (κ2) is 10.1. The third-order valence-corrected chi connectivity index (χ3v) is 6.92. The Morgan fingerprint density at radius 1 is 1.00 bits per heavy atom. The molecule has 3 N–H and O–H groups in total. The molecule has 0 aliphatic heterocycles. The molecular weight excluding hydrogens is 478 g/mol. The van der Waals surface area contributed by atoms with Crippen molar-refractivity contribution in [2.75, 3.05) is 11.1 Å². The molecule has 0 bridgehead atoms. The van der Waals surface area contributed by atoms with Crippen LogP contribution in [0.15, 0.2) is 90.4 Å². The van der Waals surface area contributed by atoms with Crippen molar-refractivity contribution in [1.29, 1.82) is 0 Å². The molecule has 35 heavy (non-hydrogen) atoms. The molecule has 174 valence electrons. The molecule has 0 saturated carbocycles. The smallest absolute Gasteiger partial charge is 0.255 e. The number of anilines is 2. The predicted octanol–water partition coefficient (Wildman–Crippen LogP) is 6.40. The number of aromatic nitrogens is 3. The van der Waals surface area contributed by atoms with Gasteiger partial charge in [0.2, 0.25) is 0 Å². The van der Waals surface area contributed by atoms with Crippen LogP contribution in [0.4, 0.5) is 11.4 Å². The van der Waals surface area contributed by atoms with E-state index in [9.17, 15) is 4.79 Å². The molecule has 0 fully saturated rings. The lowest BCUT2D eigenvalue weighted by Gasteiger charge is -2.10. The van der Waals surface area contributed by atoms with Gasteiger partial charge in [-0.3, -0.25) is 9.48 Å². The SMILES string of the molecule is Nc1ccc(-c2cccs2)cc1NC(=O)c1cccc(-c2cn(CCc3ccccc3Cl)nn2)c1. The molecule has 2 heterocycles. The summed E-state index contributed by atoms with van der Waals surface area (Å²) in [7, 11) is 0. The maximum atomic E-state index is 13.0. The minimum atomic E-state index is -0.243. The number of hydrogen-bond donors (Lipinski definition) is 2. The highest BCUT2D eigenvalue weighted by Gasteiger charge is 2.12. The highest BCUT2D eigenvalue weighted by Crippen LogP contribution is 2.30. The molecule has 5 rings (SSSR count). The number of halogens is 1. The lowest BCUT2D eigenvalue weighted by atomic mass is 10.1. The Kier molecular flexibility index (Phi) is 6.61. The Balaban J connectivity index is 1.30. The van der Waals surface area contributed by atoms with Gasteiger partial charge in [-0.2, -0.15) is 0 Å². The molecule has 8 heteroatoms. The normalized spacial score (nSPS) is 10.9. The first-order valence-corrected chi connectivity index (χ1v) is 12.3. The van der Waals surface area contributed by atoms with Gasteiger partial charge in [0, 0.05) is 27.6 Å². The van der Waals surface area contributed by atoms with Gasteiger partial charge >= 0.3 is 0 Å². The quantitative estimate of drug-likeness (QED) is 0.253. The number of benzene rings is 3. The van der Waals surface area contributed by atoms with Gasteiger partial charge in [0.1, 0.15) is 5.69 Å². The zero-order valence-electron chi connectivity index (χ0n) is 18.7. The van der Waals surface area contributed by atoms with Crippen molar-refractivity contribution >= 4 is 40.2 Å². The topological polar surface area (TPSA) is 85.8 Å². The van der Waals surface area contributed by atoms with E-state index in [-0.39, 0.29) is 5.91 Å². The van der Waals surface area contributed by atoms with Gasteiger partial charge in [-0.05, 0) is 59.3 Å². The minimum absolute atomic E-state index is 0.243. The first-order valence-electron chi connectivity index (χ1n) is 11.1. The van der Waals surface area contributed by atoms with Crippen molar-refractivity contribution in [2.24, 2.45) is 0 Å². The zero-order valence-corrected chi connectivity index (χ0v) is 20.3. The second-order valence-corrected chi connectivity index (χ2v) is 9.38. The van der Waals surface area contributed by atoms with E-state index < -0.39 is 0 Å². The van der Waals surface area contributed by atoms with Crippen molar-refractivity contribution in [1.82, 2.24) is 15.0 Å². The molecule has 3 aromatic carbocycles. The number of carbonyl (C=O) groups excluding carboxylic acids is 1. The van der Waals surface area contributed by atoms with Crippen LogP contribution in [-0.2, 0) is 13.0 Å². The number of nitrogens with two attached hydrogens (primary N) is 1. The summed E-state index contributed by atoms with van der Waals surface area (Å²) >= 11 is 7.89. The summed E-state index contributed by atoms with van der Waals surface area (Å²) in [4.78, 5) is 14.1. The summed E-state index contributed by atoms with van der Waals surface area (Å²) in [5.41, 5.74) is 11.3. The highest BCUT2D eigenvalue weighted by molar-refractivity contribution is 7.13. The molecule has 2 aromatic heterocycles. The number of nitrogens with one attached hydrogen (secondary N) is 1. The van der Waals surface area contributed by atoms with Crippen LogP contribution in [-0.4, -0.2) is 20.9 Å². The molecule has 6 nitrogen and oxygen atoms in total. The largest absolute Gasteiger partial charge is 0.397 e. The maximum absolute atomic E-state index is 13.0. The number of amides is 1. The number of aryl methyl sites for hydroxylation is 2. The third-order valence-electron chi connectivity index (χ3n) is 5.63. The number of thiophene rings is 1. The summed E-state index contributed by atoms with van der Waals surface area (Å²) < 4.78 is 1.78. The fourth-order valence-electron chi connectivity index (χ4n) is 3.75. The molecular formula is C27H22ClN5OS. The van der Waals surface area contributed by atoms with Crippen LogP contribution in [0.1, 0.15) is 15.9 Å². The zero-order chi connectivity index (χ0) is 24.2. The van der Waals surface area contributed by atoms with Crippen LogP contribution in [0.2, 0.25) is 5.02 Å². The number of nitrogen functional groups attached to an aromatic ring is 1. The first-order chi connectivity index (χ1) is 17.1. The molecule has 0 aliphatic rings. The number of rotatable bonds is 7. The van der Waals surface area contributed by atoms with E-state index in [0.29, 0.717) is 29.2 Å². The molecule has 0 saturated heterocycles. The Morgan fingerprint density at radius 2 is 1.89 bits per heavy atom. The van der Waals surface area contributed by atoms with Crippen molar-refractivity contribution in [3.8, 4) is 21.7 Å². The monoisotopic (exact) mass is 499 g/mol. The average Bonchev–Trinajstić information content (AvgIpc) is 3.58. The van der Waals surface area contributed by atoms with Gasteiger partial charge in [0.25, 0.3) is 5.91 Å². The Bertz CT molecular complexity index is 1480. The fraction of sp³-hybridized carbons (Fsp3) is 0.0741. The molecule has 0 radical (unpaired) electrons. The fourth-order valence-corrected chi connectivity index (χ4v) is 4.71. The van der Waals surface area contributed by atoms with E-state index in [1.54, 1.807) is 28.2 Å². The predicted molar refractivity (Wildman–Crippen MR) is 143 cm³/mol. The molecule has 0 unspecified atom stereocenters. The molecule has 0 aliphatic carbocycles. The van der Waals surface area contributed by atoms with Gasteiger partial charge in [-0.25, -0.2) is 0 Å². The van der Waals surface area contributed by atoms with Crippen LogP contribution in [0, 0.1) is 0 Å². The van der Waals surface area contributed by atoms with Gasteiger partial charge in [-0.15, -0.1) is 16.4 Å². The summed E-state index contributed by atoms with van der Waals surface area (Å²) in [6.07, 6.45) is 2.62. The van der Waals surface area contributed by atoms with Gasteiger partial charge in [-0.1, -0.05) is 59.3 Å². The lowest BCUT2D eigenvalue weighted by molar-refractivity contribution is 0.102. The maximum Gasteiger partial charge on any atom is 0.255 e. The van der Waals surface area contributed by atoms with Gasteiger partial charge < -0.3 is 11.1 Å². The van der Waals surface area contributed by atoms with E-state index in [2.05, 4.69) is 15.6 Å². The van der Waals surface area contributed by atoms with E-state index in [1.807, 2.05) is 78.3 Å². The summed E-state index contributed by atoms with van der Waals surface area (Å²) in [6.45, 7) is 0.650. The number of nitrogens with zero attached hydrogens (tertiary/aromatic N) is 3. The standard InChI is InChI=1S/C27H22ClN5OS/c28-22-8-2-1-5-18(22)12-13-33-17-25(31-32-33)19-6-3-7-21(15-19)27(34)30-24-16-20(10-11-23(24)29)26-9-4-14-35-26/h1-11,14-17H,12-13,29H2,(H,30,34). The van der Waals surface area contributed by atoms with Crippen LogP contribution in [0.3, 0.4) is 0 Å². The summed E-state index contributed by atoms with van der Waals surface area (Å²) in [5, 5.41) is 14.2. The van der Waals surface area contributed by atoms with E-state index in [4.69, 9.17) is 17.3 Å². The van der Waals surface area contributed by atoms with Gasteiger partial charge in [0.05, 0.1) is 17.6 Å². The number of carbonyl (C=O) groups is 1. The molecule has 5 aromatic rings. The van der Waals surface area contributed by atoms with E-state index in [0.717, 1.165) is 33.0 Å². The Morgan fingerprint density at radius 3 is 2.71 bits per heavy atom. The van der Waals surface area contributed by atoms with Crippen LogP contribution >= 0.6 is 22.9 Å². The van der Waals surface area contributed by atoms with Gasteiger partial charge in [0.15, 0.2) is 0 Å². The van der Waals surface area contributed by atoms with Crippen LogP contribution < -0.4 is 11.1 Å². The number of hydrogen-bond acceptors (Lipinski definition) is 5. The highest BCUT2D eigenvalue weighted by atomic mass is 35.5. The lowest BCUT2D eigenvalue weighted by Crippen LogP contribution is -2.13. The van der Waals surface area contributed by atoms with Crippen molar-refractivity contribution in [3.05, 3.63) is 107 Å². The van der Waals surface area contributed by atoms with Crippen LogP contribution in [0.25, 0.3) is 21.7 Å². The van der Waals surface area contributed by atoms with Crippen molar-refractivity contribution in [3.63, 3.8) is 0 Å². The third kappa shape index (κ3) is 5.26. The molecule has 1 amide bonds.